The number of nitrogens with one attached hydrogen (secondary N) is 2. The highest BCUT2D eigenvalue weighted by molar-refractivity contribution is 5.79. The molecule has 0 amide bonds. The second-order valence-electron chi connectivity index (χ2n) is 5.92. The van der Waals surface area contributed by atoms with Gasteiger partial charge in [0.25, 0.3) is 0 Å². The molecule has 0 unspecified atom stereocenters. The average molecular weight is 340 g/mol. The van der Waals surface area contributed by atoms with Gasteiger partial charge in [-0.25, -0.2) is 0 Å². The van der Waals surface area contributed by atoms with Crippen LogP contribution in [0.5, 0.6) is 11.5 Å². The zero-order chi connectivity index (χ0) is 17.5. The van der Waals surface area contributed by atoms with E-state index < -0.39 is 0 Å². The molecule has 2 N–H and O–H groups in total. The summed E-state index contributed by atoms with van der Waals surface area (Å²) in [6.45, 7) is 4.02. The Morgan fingerprint density at radius 1 is 1.12 bits per heavy atom. The molecule has 0 atom stereocenters. The summed E-state index contributed by atoms with van der Waals surface area (Å²) >= 11 is 0. The number of benzene rings is 1. The fourth-order valence-corrected chi connectivity index (χ4v) is 2.74. The largest absolute Gasteiger partial charge is 0.454 e. The summed E-state index contributed by atoms with van der Waals surface area (Å²) in [5.74, 6) is 2.46. The molecular weight excluding hydrogens is 316 g/mol. The lowest BCUT2D eigenvalue weighted by Crippen LogP contribution is -2.39. The summed E-state index contributed by atoms with van der Waals surface area (Å²) in [5, 5.41) is 6.69. The number of aliphatic imine (C=N–C) groups is 1. The number of nitrogens with zero attached hydrogens (tertiary/aromatic N) is 2. The zero-order valence-corrected chi connectivity index (χ0v) is 14.7. The third-order valence-corrected chi connectivity index (χ3v) is 4.19. The minimum absolute atomic E-state index is 0.310. The van der Waals surface area contributed by atoms with Crippen molar-refractivity contribution in [3.63, 3.8) is 0 Å². The Balaban J connectivity index is 1.41. The summed E-state index contributed by atoms with van der Waals surface area (Å²) in [6.07, 6.45) is 5.56. The van der Waals surface area contributed by atoms with E-state index in [0.29, 0.717) is 6.79 Å². The third kappa shape index (κ3) is 4.62. The molecule has 0 saturated heterocycles. The number of rotatable bonds is 6. The van der Waals surface area contributed by atoms with E-state index >= 15 is 0 Å². The van der Waals surface area contributed by atoms with Crippen molar-refractivity contribution in [2.24, 2.45) is 4.99 Å². The second-order valence-corrected chi connectivity index (χ2v) is 5.92. The van der Waals surface area contributed by atoms with E-state index in [-0.39, 0.29) is 0 Å². The van der Waals surface area contributed by atoms with Crippen LogP contribution in [-0.2, 0) is 12.8 Å². The molecule has 1 aliphatic heterocycles. The second kappa shape index (κ2) is 8.37. The predicted octanol–water partition coefficient (Wildman–Crippen LogP) is 2.07. The van der Waals surface area contributed by atoms with Crippen molar-refractivity contribution < 1.29 is 9.47 Å². The van der Waals surface area contributed by atoms with E-state index in [1.165, 1.54) is 16.7 Å². The molecule has 0 fully saturated rings. The molecule has 1 aromatic carbocycles. The molecule has 6 nitrogen and oxygen atoms in total. The van der Waals surface area contributed by atoms with Crippen LogP contribution < -0.4 is 20.1 Å². The summed E-state index contributed by atoms with van der Waals surface area (Å²) in [7, 11) is 1.79. The number of guanidine groups is 1. The Labute approximate surface area is 148 Å². The van der Waals surface area contributed by atoms with Gasteiger partial charge in [-0.3, -0.25) is 9.98 Å². The highest BCUT2D eigenvalue weighted by Gasteiger charge is 2.12. The number of aryl methyl sites for hydroxylation is 1. The fourth-order valence-electron chi connectivity index (χ4n) is 2.74. The van der Waals surface area contributed by atoms with E-state index in [9.17, 15) is 0 Å². The van der Waals surface area contributed by atoms with Crippen molar-refractivity contribution in [2.75, 3.05) is 26.9 Å². The quantitative estimate of drug-likeness (QED) is 0.622. The lowest BCUT2D eigenvalue weighted by Gasteiger charge is -2.12. The van der Waals surface area contributed by atoms with Crippen LogP contribution >= 0.6 is 0 Å². The van der Waals surface area contributed by atoms with Crippen LogP contribution in [0.4, 0.5) is 0 Å². The standard InChI is InChI=1S/C19H24N4O2/c1-14-12-21-8-6-16(14)7-10-23-19(20-2)22-9-5-15-3-4-17-18(11-15)25-13-24-17/h3-4,6,8,11-12H,5,7,9-10,13H2,1-2H3,(H2,20,22,23). The lowest BCUT2D eigenvalue weighted by molar-refractivity contribution is 0.174. The number of hydrogen-bond acceptors (Lipinski definition) is 4. The first-order valence-corrected chi connectivity index (χ1v) is 8.49. The maximum Gasteiger partial charge on any atom is 0.231 e. The minimum Gasteiger partial charge on any atom is -0.454 e. The first kappa shape index (κ1) is 17.1. The summed E-state index contributed by atoms with van der Waals surface area (Å²) < 4.78 is 10.7. The molecule has 3 rings (SSSR count). The molecule has 25 heavy (non-hydrogen) atoms. The maximum atomic E-state index is 5.41. The average Bonchev–Trinajstić information content (AvgIpc) is 3.09. The Hall–Kier alpha value is -2.76. The highest BCUT2D eigenvalue weighted by atomic mass is 16.7. The minimum atomic E-state index is 0.310. The third-order valence-electron chi connectivity index (χ3n) is 4.19. The molecule has 2 heterocycles. The molecule has 132 valence electrons. The van der Waals surface area contributed by atoms with Crippen LogP contribution in [-0.4, -0.2) is 37.9 Å². The number of aromatic nitrogens is 1. The van der Waals surface area contributed by atoms with Crippen molar-refractivity contribution >= 4 is 5.96 Å². The molecule has 1 aliphatic rings. The van der Waals surface area contributed by atoms with E-state index in [0.717, 1.165) is 43.4 Å². The molecule has 2 aromatic rings. The van der Waals surface area contributed by atoms with Crippen LogP contribution in [0.2, 0.25) is 0 Å². The van der Waals surface area contributed by atoms with Crippen molar-refractivity contribution in [1.29, 1.82) is 0 Å². The highest BCUT2D eigenvalue weighted by Crippen LogP contribution is 2.32. The monoisotopic (exact) mass is 340 g/mol. The normalized spacial score (nSPS) is 13.0. The van der Waals surface area contributed by atoms with Crippen molar-refractivity contribution in [3.8, 4) is 11.5 Å². The number of fused-ring (bicyclic) bond motifs is 1. The molecule has 0 saturated carbocycles. The van der Waals surface area contributed by atoms with Gasteiger partial charge in [-0.05, 0) is 54.7 Å². The fraction of sp³-hybridized carbons (Fsp3) is 0.368. The molecule has 0 aliphatic carbocycles. The number of hydrogen-bond donors (Lipinski definition) is 2. The van der Waals surface area contributed by atoms with E-state index in [2.05, 4.69) is 39.7 Å². The van der Waals surface area contributed by atoms with Gasteiger partial charge in [0.1, 0.15) is 0 Å². The van der Waals surface area contributed by atoms with Gasteiger partial charge in [0.2, 0.25) is 6.79 Å². The van der Waals surface area contributed by atoms with E-state index in [1.807, 2.05) is 24.5 Å². The zero-order valence-electron chi connectivity index (χ0n) is 14.7. The maximum absolute atomic E-state index is 5.41. The van der Waals surface area contributed by atoms with Gasteiger partial charge in [-0.1, -0.05) is 6.07 Å². The first-order valence-electron chi connectivity index (χ1n) is 8.49. The van der Waals surface area contributed by atoms with Crippen LogP contribution in [0.15, 0.2) is 41.7 Å². The van der Waals surface area contributed by atoms with E-state index in [4.69, 9.17) is 9.47 Å². The van der Waals surface area contributed by atoms with Gasteiger partial charge >= 0.3 is 0 Å². The Morgan fingerprint density at radius 2 is 1.92 bits per heavy atom. The van der Waals surface area contributed by atoms with Crippen LogP contribution in [0, 0.1) is 6.92 Å². The molecular formula is C19H24N4O2. The van der Waals surface area contributed by atoms with Gasteiger partial charge in [0, 0.05) is 32.5 Å². The van der Waals surface area contributed by atoms with Crippen LogP contribution in [0.3, 0.4) is 0 Å². The van der Waals surface area contributed by atoms with Crippen molar-refractivity contribution in [3.05, 3.63) is 53.3 Å². The summed E-state index contributed by atoms with van der Waals surface area (Å²) in [6, 6.07) is 8.12. The number of pyridine rings is 1. The van der Waals surface area contributed by atoms with E-state index in [1.54, 1.807) is 7.05 Å². The van der Waals surface area contributed by atoms with Gasteiger partial charge in [-0.2, -0.15) is 0 Å². The van der Waals surface area contributed by atoms with Crippen molar-refractivity contribution in [2.45, 2.75) is 19.8 Å². The summed E-state index contributed by atoms with van der Waals surface area (Å²) in [4.78, 5) is 8.39. The molecule has 1 aromatic heterocycles. The molecule has 6 heteroatoms. The number of ether oxygens (including phenoxy) is 2. The van der Waals surface area contributed by atoms with Crippen LogP contribution in [0.1, 0.15) is 16.7 Å². The SMILES string of the molecule is CN=C(NCCc1ccc2c(c1)OCO2)NCCc1ccncc1C. The Morgan fingerprint density at radius 3 is 2.72 bits per heavy atom. The topological polar surface area (TPSA) is 67.8 Å². The van der Waals surface area contributed by atoms with Gasteiger partial charge in [0.15, 0.2) is 17.5 Å². The first-order chi connectivity index (χ1) is 12.3. The lowest BCUT2D eigenvalue weighted by atomic mass is 10.1. The van der Waals surface area contributed by atoms with Crippen LogP contribution in [0.25, 0.3) is 0 Å². The molecule has 0 radical (unpaired) electrons. The van der Waals surface area contributed by atoms with Gasteiger partial charge in [0.05, 0.1) is 0 Å². The Bertz CT molecular complexity index is 746. The molecule has 0 bridgehead atoms. The van der Waals surface area contributed by atoms with Crippen molar-refractivity contribution in [1.82, 2.24) is 15.6 Å². The smallest absolute Gasteiger partial charge is 0.231 e. The summed E-state index contributed by atoms with van der Waals surface area (Å²) in [5.41, 5.74) is 3.73. The van der Waals surface area contributed by atoms with Gasteiger partial charge in [-0.15, -0.1) is 0 Å². The van der Waals surface area contributed by atoms with Gasteiger partial charge < -0.3 is 20.1 Å². The molecule has 0 spiro atoms. The Kier molecular flexibility index (Phi) is 5.72. The predicted molar refractivity (Wildman–Crippen MR) is 98.3 cm³/mol.